The molecule has 1 saturated carbocycles. The summed E-state index contributed by atoms with van der Waals surface area (Å²) in [5.74, 6) is 2.48. The third-order valence-corrected chi connectivity index (χ3v) is 4.93. The van der Waals surface area contributed by atoms with Crippen LogP contribution in [0.3, 0.4) is 0 Å². The second kappa shape index (κ2) is 6.91. The zero-order chi connectivity index (χ0) is 15.5. The van der Waals surface area contributed by atoms with Crippen LogP contribution in [0, 0.1) is 17.3 Å². The molecule has 1 aliphatic rings. The molecule has 2 rings (SSSR count). The largest absolute Gasteiger partial charge is 0.314 e. The molecule has 2 atom stereocenters. The first-order chi connectivity index (χ1) is 9.94. The highest BCUT2D eigenvalue weighted by molar-refractivity contribution is 4.98. The average molecular weight is 292 g/mol. The van der Waals surface area contributed by atoms with Crippen molar-refractivity contribution in [2.24, 2.45) is 17.3 Å². The van der Waals surface area contributed by atoms with Gasteiger partial charge in [-0.25, -0.2) is 9.67 Å². The maximum absolute atomic E-state index is 4.52. The summed E-state index contributed by atoms with van der Waals surface area (Å²) in [4.78, 5) is 4.52. The van der Waals surface area contributed by atoms with Crippen molar-refractivity contribution in [1.82, 2.24) is 20.1 Å². The van der Waals surface area contributed by atoms with Crippen LogP contribution in [0.2, 0.25) is 0 Å². The average Bonchev–Trinajstić information content (AvgIpc) is 2.95. The number of nitrogens with one attached hydrogen (secondary N) is 1. The first kappa shape index (κ1) is 16.5. The molecule has 2 unspecified atom stereocenters. The van der Waals surface area contributed by atoms with Crippen LogP contribution in [0.15, 0.2) is 6.33 Å². The summed E-state index contributed by atoms with van der Waals surface area (Å²) in [7, 11) is 0. The first-order valence-electron chi connectivity index (χ1n) is 8.54. The fraction of sp³-hybridized carbons (Fsp3) is 0.882. The zero-order valence-electron chi connectivity index (χ0n) is 14.4. The van der Waals surface area contributed by atoms with E-state index in [1.54, 1.807) is 6.33 Å². The predicted octanol–water partition coefficient (Wildman–Crippen LogP) is 3.28. The fourth-order valence-electron chi connectivity index (χ4n) is 3.86. The van der Waals surface area contributed by atoms with E-state index in [2.05, 4.69) is 54.7 Å². The van der Waals surface area contributed by atoms with E-state index in [0.29, 0.717) is 17.4 Å². The Morgan fingerprint density at radius 1 is 1.43 bits per heavy atom. The Balaban J connectivity index is 2.11. The molecule has 0 spiro atoms. The van der Waals surface area contributed by atoms with Gasteiger partial charge < -0.3 is 5.32 Å². The summed E-state index contributed by atoms with van der Waals surface area (Å²) < 4.78 is 2.09. The van der Waals surface area contributed by atoms with E-state index in [0.717, 1.165) is 31.3 Å². The van der Waals surface area contributed by atoms with E-state index < -0.39 is 0 Å². The van der Waals surface area contributed by atoms with Crippen molar-refractivity contribution in [2.45, 2.75) is 72.9 Å². The molecule has 0 aliphatic heterocycles. The minimum absolute atomic E-state index is 0.440. The summed E-state index contributed by atoms with van der Waals surface area (Å²) in [6, 6.07) is 0.516. The summed E-state index contributed by atoms with van der Waals surface area (Å²) in [5, 5.41) is 8.13. The summed E-state index contributed by atoms with van der Waals surface area (Å²) in [6.07, 6.45) is 6.74. The normalized spacial score (nSPS) is 22.9. The Morgan fingerprint density at radius 3 is 2.76 bits per heavy atom. The van der Waals surface area contributed by atoms with Gasteiger partial charge in [-0.05, 0) is 36.6 Å². The third kappa shape index (κ3) is 4.06. The van der Waals surface area contributed by atoms with Crippen LogP contribution in [0.25, 0.3) is 0 Å². The molecule has 1 heterocycles. The van der Waals surface area contributed by atoms with E-state index in [-0.39, 0.29) is 0 Å². The minimum Gasteiger partial charge on any atom is -0.314 e. The van der Waals surface area contributed by atoms with E-state index in [1.165, 1.54) is 19.3 Å². The second-order valence-electron chi connectivity index (χ2n) is 7.61. The van der Waals surface area contributed by atoms with Gasteiger partial charge in [-0.15, -0.1) is 0 Å². The van der Waals surface area contributed by atoms with Crippen LogP contribution in [0.5, 0.6) is 0 Å². The molecular weight excluding hydrogens is 260 g/mol. The number of nitrogens with zero attached hydrogens (tertiary/aromatic N) is 3. The highest BCUT2D eigenvalue weighted by atomic mass is 15.3. The van der Waals surface area contributed by atoms with Crippen LogP contribution in [-0.4, -0.2) is 27.4 Å². The lowest BCUT2D eigenvalue weighted by Crippen LogP contribution is -2.42. The van der Waals surface area contributed by atoms with E-state index in [9.17, 15) is 0 Å². The molecule has 4 nitrogen and oxygen atoms in total. The Bertz CT molecular complexity index is 436. The molecule has 21 heavy (non-hydrogen) atoms. The Kier molecular flexibility index (Phi) is 5.42. The van der Waals surface area contributed by atoms with Gasteiger partial charge >= 0.3 is 0 Å². The van der Waals surface area contributed by atoms with Gasteiger partial charge in [0, 0.05) is 19.0 Å². The fourth-order valence-corrected chi connectivity index (χ4v) is 3.86. The molecule has 0 aromatic carbocycles. The van der Waals surface area contributed by atoms with Crippen molar-refractivity contribution in [3.63, 3.8) is 0 Å². The van der Waals surface area contributed by atoms with Crippen LogP contribution in [0.1, 0.15) is 59.7 Å². The maximum atomic E-state index is 4.52. The maximum Gasteiger partial charge on any atom is 0.138 e. The molecule has 1 fully saturated rings. The molecule has 1 aromatic rings. The van der Waals surface area contributed by atoms with E-state index in [1.807, 2.05) is 0 Å². The number of likely N-dealkylation sites (N-methyl/N-ethyl adjacent to an activating group) is 1. The lowest BCUT2D eigenvalue weighted by Gasteiger charge is -2.34. The van der Waals surface area contributed by atoms with E-state index in [4.69, 9.17) is 0 Å². The molecule has 0 saturated heterocycles. The minimum atomic E-state index is 0.440. The highest BCUT2D eigenvalue weighted by Gasteiger charge is 2.39. The van der Waals surface area contributed by atoms with Gasteiger partial charge in [0.25, 0.3) is 0 Å². The van der Waals surface area contributed by atoms with Crippen molar-refractivity contribution < 1.29 is 0 Å². The molecule has 0 bridgehead atoms. The van der Waals surface area contributed by atoms with Gasteiger partial charge in [-0.3, -0.25) is 0 Å². The first-order valence-corrected chi connectivity index (χ1v) is 8.54. The molecular formula is C17H32N4. The molecule has 1 aliphatic carbocycles. The highest BCUT2D eigenvalue weighted by Crippen LogP contribution is 2.44. The SMILES string of the molecule is CCNC(Cc1ncnn1CC(C)C)C1CCCC1(C)C. The molecule has 1 N–H and O–H groups in total. The van der Waals surface area contributed by atoms with Crippen molar-refractivity contribution in [1.29, 1.82) is 0 Å². The van der Waals surface area contributed by atoms with Gasteiger partial charge in [0.2, 0.25) is 0 Å². The lowest BCUT2D eigenvalue weighted by atomic mass is 9.76. The van der Waals surface area contributed by atoms with Crippen LogP contribution in [0.4, 0.5) is 0 Å². The molecule has 120 valence electrons. The Labute approximate surface area is 129 Å². The van der Waals surface area contributed by atoms with Gasteiger partial charge in [0.1, 0.15) is 12.2 Å². The zero-order valence-corrected chi connectivity index (χ0v) is 14.4. The van der Waals surface area contributed by atoms with Crippen LogP contribution in [-0.2, 0) is 13.0 Å². The summed E-state index contributed by atoms with van der Waals surface area (Å²) in [6.45, 7) is 13.5. The van der Waals surface area contributed by atoms with Crippen LogP contribution >= 0.6 is 0 Å². The van der Waals surface area contributed by atoms with Crippen molar-refractivity contribution in [2.75, 3.05) is 6.54 Å². The van der Waals surface area contributed by atoms with Gasteiger partial charge in [-0.2, -0.15) is 5.10 Å². The molecule has 1 aromatic heterocycles. The standard InChI is InChI=1S/C17H32N4/c1-6-18-15(14-8-7-9-17(14,4)5)10-16-19-12-20-21(16)11-13(2)3/h12-15,18H,6-11H2,1-5H3. The predicted molar refractivity (Wildman–Crippen MR) is 87.2 cm³/mol. The molecule has 4 heteroatoms. The lowest BCUT2D eigenvalue weighted by molar-refractivity contribution is 0.194. The Hall–Kier alpha value is -0.900. The number of hydrogen-bond donors (Lipinski definition) is 1. The number of rotatable bonds is 7. The van der Waals surface area contributed by atoms with Gasteiger partial charge in [0.15, 0.2) is 0 Å². The van der Waals surface area contributed by atoms with Gasteiger partial charge in [0.05, 0.1) is 0 Å². The van der Waals surface area contributed by atoms with Gasteiger partial charge in [-0.1, -0.05) is 41.0 Å². The second-order valence-corrected chi connectivity index (χ2v) is 7.61. The van der Waals surface area contributed by atoms with Crippen LogP contribution < -0.4 is 5.32 Å². The van der Waals surface area contributed by atoms with Crippen molar-refractivity contribution >= 4 is 0 Å². The third-order valence-electron chi connectivity index (χ3n) is 4.93. The van der Waals surface area contributed by atoms with Crippen molar-refractivity contribution in [3.8, 4) is 0 Å². The quantitative estimate of drug-likeness (QED) is 0.838. The molecule has 0 radical (unpaired) electrons. The summed E-state index contributed by atoms with van der Waals surface area (Å²) >= 11 is 0. The summed E-state index contributed by atoms with van der Waals surface area (Å²) in [5.41, 5.74) is 0.440. The van der Waals surface area contributed by atoms with E-state index >= 15 is 0 Å². The topological polar surface area (TPSA) is 42.7 Å². The Morgan fingerprint density at radius 2 is 2.19 bits per heavy atom. The smallest absolute Gasteiger partial charge is 0.138 e. The molecule has 0 amide bonds. The monoisotopic (exact) mass is 292 g/mol. The number of hydrogen-bond acceptors (Lipinski definition) is 3. The number of aromatic nitrogens is 3. The van der Waals surface area contributed by atoms with Crippen molar-refractivity contribution in [3.05, 3.63) is 12.2 Å².